The minimum absolute atomic E-state index is 0.0591. The monoisotopic (exact) mass is 779 g/mol. The molecular weight excluding hydrogens is 726 g/mol. The molecule has 3 atom stereocenters. The Morgan fingerprint density at radius 2 is 1.75 bits per heavy atom. The molecular formula is C43H54FN9O4. The van der Waals surface area contributed by atoms with E-state index in [-0.39, 0.29) is 29.7 Å². The van der Waals surface area contributed by atoms with Crippen molar-refractivity contribution in [2.75, 3.05) is 67.5 Å². The number of rotatable bonds is 9. The molecule has 4 saturated heterocycles. The second kappa shape index (κ2) is 15.2. The number of phenolic OH excluding ortho intramolecular Hbond substituents is 1. The van der Waals surface area contributed by atoms with Crippen molar-refractivity contribution in [2.24, 2.45) is 5.92 Å². The normalized spacial score (nSPS) is 25.8. The average Bonchev–Trinajstić information content (AvgIpc) is 3.78. The molecule has 0 unspecified atom stereocenters. The Bertz CT molecular complexity index is 2050. The van der Waals surface area contributed by atoms with Gasteiger partial charge in [0.15, 0.2) is 17.4 Å². The Labute approximate surface area is 333 Å². The minimum Gasteiger partial charge on any atom is -0.504 e. The average molecular weight is 780 g/mol. The number of likely N-dealkylation sites (tertiary alicyclic amines) is 1. The van der Waals surface area contributed by atoms with Crippen LogP contribution in [0.2, 0.25) is 0 Å². The van der Waals surface area contributed by atoms with Crippen LogP contribution in [0.4, 0.5) is 21.6 Å². The maximum Gasteiger partial charge on any atom is 0.255 e. The molecule has 7 heterocycles. The van der Waals surface area contributed by atoms with Gasteiger partial charge in [-0.3, -0.25) is 24.6 Å². The molecule has 0 saturated carbocycles. The predicted molar refractivity (Wildman–Crippen MR) is 216 cm³/mol. The third-order valence-corrected chi connectivity index (χ3v) is 14.0. The van der Waals surface area contributed by atoms with Crippen molar-refractivity contribution in [3.05, 3.63) is 59.4 Å². The fraction of sp³-hybridized carbons (Fsp3) is 0.558. The number of piperidine rings is 3. The number of aromatic hydroxyl groups is 1. The standard InChI is InChI=1S/C43H54FN9O4/c1-3-43-22-31(25-53(43)37-21-35(47-48-40(37)45-26-43)32-6-5-7-34(44)39(32)55)51(4-2)29-14-16-49(17-15-29)23-27-12-18-50(19-13-27)30-9-8-28-24-52(42(57)33(28)20-30)36-10-11-38(54)46-41(36)56/h5-9,20-21,27,29,31,36,55H,3-4,10-19,22-26H2,1-2H3,(H,45,48)(H,46,54,56)/t31-,36+,43-/m1/s1. The number of para-hydroxylation sites is 1. The largest absolute Gasteiger partial charge is 0.504 e. The summed E-state index contributed by atoms with van der Waals surface area (Å²) in [4.78, 5) is 49.5. The lowest BCUT2D eigenvalue weighted by atomic mass is 9.88. The third kappa shape index (κ3) is 6.88. The van der Waals surface area contributed by atoms with Gasteiger partial charge in [-0.15, -0.1) is 10.2 Å². The van der Waals surface area contributed by atoms with Crippen molar-refractivity contribution in [3.63, 3.8) is 0 Å². The molecule has 14 heteroatoms. The first-order valence-electron chi connectivity index (χ1n) is 21.0. The molecule has 3 aromatic rings. The Hall–Kier alpha value is -4.82. The summed E-state index contributed by atoms with van der Waals surface area (Å²) in [5, 5.41) is 25.3. The van der Waals surface area contributed by atoms with E-state index >= 15 is 0 Å². The molecule has 0 aliphatic carbocycles. The maximum absolute atomic E-state index is 14.3. The highest BCUT2D eigenvalue weighted by Crippen LogP contribution is 2.46. The van der Waals surface area contributed by atoms with Crippen LogP contribution in [0, 0.1) is 11.7 Å². The second-order valence-corrected chi connectivity index (χ2v) is 17.0. The SMILES string of the molecule is CCN(C1CCN(CC2CCN(c3ccc4c(c3)C(=O)N([C@H]3CCC(=O)NC3=O)C4)CC2)CC1)[C@H]1CN2c3cc(-c4cccc(F)c4O)nnc3NC[C@@]2(CC)C1. The van der Waals surface area contributed by atoms with Crippen LogP contribution in [0.5, 0.6) is 5.75 Å². The number of aromatic nitrogens is 2. The van der Waals surface area contributed by atoms with E-state index in [1.54, 1.807) is 17.0 Å². The molecule has 6 aliphatic rings. The van der Waals surface area contributed by atoms with E-state index in [9.17, 15) is 23.9 Å². The molecule has 1 aromatic heterocycles. The van der Waals surface area contributed by atoms with Gasteiger partial charge in [0.2, 0.25) is 11.8 Å². The highest BCUT2D eigenvalue weighted by atomic mass is 19.1. The van der Waals surface area contributed by atoms with Crippen LogP contribution in [0.15, 0.2) is 42.5 Å². The number of anilines is 3. The van der Waals surface area contributed by atoms with Crippen molar-refractivity contribution < 1.29 is 23.9 Å². The molecule has 2 aromatic carbocycles. The minimum atomic E-state index is -0.668. The van der Waals surface area contributed by atoms with E-state index in [0.29, 0.717) is 47.8 Å². The van der Waals surface area contributed by atoms with Crippen LogP contribution < -0.4 is 20.4 Å². The summed E-state index contributed by atoms with van der Waals surface area (Å²) in [7, 11) is 0. The van der Waals surface area contributed by atoms with Gasteiger partial charge in [-0.1, -0.05) is 26.0 Å². The number of carbonyl (C=O) groups is 3. The van der Waals surface area contributed by atoms with Gasteiger partial charge in [0, 0.05) is 74.6 Å². The lowest BCUT2D eigenvalue weighted by Gasteiger charge is -2.44. The number of carbonyl (C=O) groups excluding carboxylic acids is 3. The number of benzene rings is 2. The maximum atomic E-state index is 14.3. The molecule has 4 fully saturated rings. The van der Waals surface area contributed by atoms with Gasteiger partial charge in [-0.2, -0.15) is 0 Å². The molecule has 302 valence electrons. The number of nitrogens with zero attached hydrogens (tertiary/aromatic N) is 7. The molecule has 3 N–H and O–H groups in total. The van der Waals surface area contributed by atoms with Crippen LogP contribution in [0.1, 0.15) is 81.1 Å². The molecule has 6 aliphatic heterocycles. The number of nitrogens with one attached hydrogen (secondary N) is 2. The quantitative estimate of drug-likeness (QED) is 0.263. The predicted octanol–water partition coefficient (Wildman–Crippen LogP) is 4.61. The number of halogens is 1. The highest BCUT2D eigenvalue weighted by molar-refractivity contribution is 6.05. The topological polar surface area (TPSA) is 137 Å². The molecule has 0 bridgehead atoms. The summed E-state index contributed by atoms with van der Waals surface area (Å²) in [6.07, 6.45) is 7.22. The fourth-order valence-electron chi connectivity index (χ4n) is 10.8. The number of hydrogen-bond donors (Lipinski definition) is 3. The molecule has 0 radical (unpaired) electrons. The molecule has 9 rings (SSSR count). The number of fused-ring (bicyclic) bond motifs is 4. The zero-order chi connectivity index (χ0) is 39.4. The van der Waals surface area contributed by atoms with Gasteiger partial charge in [-0.25, -0.2) is 4.39 Å². The molecule has 57 heavy (non-hydrogen) atoms. The van der Waals surface area contributed by atoms with Gasteiger partial charge < -0.3 is 30.0 Å². The Morgan fingerprint density at radius 1 is 0.947 bits per heavy atom. The first kappa shape index (κ1) is 37.7. The summed E-state index contributed by atoms with van der Waals surface area (Å²) in [6.45, 7) is 12.9. The third-order valence-electron chi connectivity index (χ3n) is 14.0. The van der Waals surface area contributed by atoms with Crippen LogP contribution >= 0.6 is 0 Å². The van der Waals surface area contributed by atoms with Crippen molar-refractivity contribution >= 4 is 34.9 Å². The Kier molecular flexibility index (Phi) is 10.0. The number of likely N-dealkylation sites (N-methyl/N-ethyl adjacent to an activating group) is 1. The number of amides is 3. The molecule has 0 spiro atoms. The van der Waals surface area contributed by atoms with Crippen LogP contribution in [-0.4, -0.2) is 124 Å². The van der Waals surface area contributed by atoms with E-state index in [1.807, 2.05) is 18.2 Å². The number of imide groups is 1. The summed E-state index contributed by atoms with van der Waals surface area (Å²) in [6, 6.07) is 13.0. The summed E-state index contributed by atoms with van der Waals surface area (Å²) < 4.78 is 14.3. The van der Waals surface area contributed by atoms with E-state index in [2.05, 4.69) is 60.3 Å². The number of hydrogen-bond acceptors (Lipinski definition) is 11. The lowest BCUT2D eigenvalue weighted by Crippen LogP contribution is -2.52. The van der Waals surface area contributed by atoms with Crippen molar-refractivity contribution in [1.29, 1.82) is 0 Å². The van der Waals surface area contributed by atoms with Gasteiger partial charge >= 0.3 is 0 Å². The van der Waals surface area contributed by atoms with Crippen molar-refractivity contribution in [1.82, 2.24) is 30.2 Å². The van der Waals surface area contributed by atoms with Crippen LogP contribution in [0.3, 0.4) is 0 Å². The zero-order valence-corrected chi connectivity index (χ0v) is 33.1. The summed E-state index contributed by atoms with van der Waals surface area (Å²) >= 11 is 0. The first-order valence-corrected chi connectivity index (χ1v) is 21.0. The van der Waals surface area contributed by atoms with E-state index in [4.69, 9.17) is 0 Å². The summed E-state index contributed by atoms with van der Waals surface area (Å²) in [5.41, 5.74) is 4.41. The smallest absolute Gasteiger partial charge is 0.255 e. The first-order chi connectivity index (χ1) is 27.6. The van der Waals surface area contributed by atoms with E-state index in [0.717, 1.165) is 114 Å². The fourth-order valence-corrected chi connectivity index (χ4v) is 10.8. The molecule has 3 amide bonds. The zero-order valence-electron chi connectivity index (χ0n) is 33.1. The van der Waals surface area contributed by atoms with E-state index < -0.39 is 17.6 Å². The Morgan fingerprint density at radius 3 is 2.51 bits per heavy atom. The van der Waals surface area contributed by atoms with E-state index in [1.165, 1.54) is 6.07 Å². The summed E-state index contributed by atoms with van der Waals surface area (Å²) in [5.74, 6) is -0.457. The van der Waals surface area contributed by atoms with Crippen LogP contribution in [-0.2, 0) is 16.1 Å². The number of phenols is 1. The van der Waals surface area contributed by atoms with Crippen molar-refractivity contribution in [2.45, 2.75) is 95.4 Å². The Balaban J connectivity index is 0.785. The van der Waals surface area contributed by atoms with Crippen molar-refractivity contribution in [3.8, 4) is 17.0 Å². The van der Waals surface area contributed by atoms with Gasteiger partial charge in [0.25, 0.3) is 5.91 Å². The van der Waals surface area contributed by atoms with Gasteiger partial charge in [-0.05, 0) is 106 Å². The highest BCUT2D eigenvalue weighted by Gasteiger charge is 2.50. The van der Waals surface area contributed by atoms with Gasteiger partial charge in [0.05, 0.1) is 16.9 Å². The van der Waals surface area contributed by atoms with Gasteiger partial charge in [0.1, 0.15) is 6.04 Å². The molecule has 13 nitrogen and oxygen atoms in total. The second-order valence-electron chi connectivity index (χ2n) is 17.0. The lowest BCUT2D eigenvalue weighted by molar-refractivity contribution is -0.136. The van der Waals surface area contributed by atoms with Crippen LogP contribution in [0.25, 0.3) is 11.3 Å².